The van der Waals surface area contributed by atoms with E-state index in [2.05, 4.69) is 32.4 Å². The molecule has 0 saturated heterocycles. The molecule has 110 valence electrons. The van der Waals surface area contributed by atoms with Gasteiger partial charge >= 0.3 is 0 Å². The van der Waals surface area contributed by atoms with E-state index in [-0.39, 0.29) is 6.04 Å². The van der Waals surface area contributed by atoms with Crippen molar-refractivity contribution in [3.63, 3.8) is 0 Å². The largest absolute Gasteiger partial charge is 0.361 e. The Morgan fingerprint density at radius 2 is 2.05 bits per heavy atom. The quantitative estimate of drug-likeness (QED) is 0.793. The van der Waals surface area contributed by atoms with Crippen LogP contribution in [0.15, 0.2) is 18.6 Å². The van der Waals surface area contributed by atoms with Crippen molar-refractivity contribution >= 4 is 16.9 Å². The molecule has 0 radical (unpaired) electrons. The van der Waals surface area contributed by atoms with Gasteiger partial charge in [-0.25, -0.2) is 9.97 Å². The second-order valence-electron chi connectivity index (χ2n) is 5.11. The molecule has 0 bridgehead atoms. The average Bonchev–Trinajstić information content (AvgIpc) is 3.01. The Kier molecular flexibility index (Phi) is 3.32. The minimum atomic E-state index is 0.148. The highest BCUT2D eigenvalue weighted by atomic mass is 15.3. The molecule has 7 nitrogen and oxygen atoms in total. The zero-order chi connectivity index (χ0) is 15.0. The number of fused-ring (bicyclic) bond motifs is 1. The zero-order valence-electron chi connectivity index (χ0n) is 12.7. The van der Waals surface area contributed by atoms with Crippen LogP contribution in [0.5, 0.6) is 0 Å². The van der Waals surface area contributed by atoms with E-state index in [1.165, 1.54) is 0 Å². The van der Waals surface area contributed by atoms with Gasteiger partial charge in [-0.05, 0) is 19.4 Å². The SMILES string of the molecule is CCC(Nc1ncnc2c1c(C)nn2C)c1ccnn1C. The molecule has 3 aromatic heterocycles. The van der Waals surface area contributed by atoms with Crippen molar-refractivity contribution in [2.24, 2.45) is 14.1 Å². The predicted octanol–water partition coefficient (Wildman–Crippen LogP) is 1.97. The molecule has 0 aliphatic rings. The summed E-state index contributed by atoms with van der Waals surface area (Å²) in [5.41, 5.74) is 2.89. The molecule has 0 spiro atoms. The first-order chi connectivity index (χ1) is 10.1. The van der Waals surface area contributed by atoms with Crippen LogP contribution >= 0.6 is 0 Å². The summed E-state index contributed by atoms with van der Waals surface area (Å²) in [7, 11) is 3.84. The molecule has 3 aromatic rings. The number of anilines is 1. The van der Waals surface area contributed by atoms with Gasteiger partial charge in [0, 0.05) is 20.3 Å². The molecule has 0 aliphatic carbocycles. The zero-order valence-corrected chi connectivity index (χ0v) is 12.7. The lowest BCUT2D eigenvalue weighted by molar-refractivity contribution is 0.632. The summed E-state index contributed by atoms with van der Waals surface area (Å²) >= 11 is 0. The first-order valence-corrected chi connectivity index (χ1v) is 7.00. The fraction of sp³-hybridized carbons (Fsp3) is 0.429. The molecule has 0 amide bonds. The van der Waals surface area contributed by atoms with Crippen LogP contribution in [0.1, 0.15) is 30.8 Å². The van der Waals surface area contributed by atoms with E-state index in [4.69, 9.17) is 0 Å². The van der Waals surface area contributed by atoms with Crippen LogP contribution in [-0.2, 0) is 14.1 Å². The lowest BCUT2D eigenvalue weighted by atomic mass is 10.1. The topological polar surface area (TPSA) is 73.5 Å². The number of nitrogens with one attached hydrogen (secondary N) is 1. The van der Waals surface area contributed by atoms with E-state index in [9.17, 15) is 0 Å². The van der Waals surface area contributed by atoms with E-state index in [0.717, 1.165) is 34.7 Å². The van der Waals surface area contributed by atoms with Crippen molar-refractivity contribution in [1.82, 2.24) is 29.5 Å². The molecule has 7 heteroatoms. The van der Waals surface area contributed by atoms with Gasteiger partial charge in [0.05, 0.1) is 22.8 Å². The van der Waals surface area contributed by atoms with Gasteiger partial charge in [0.1, 0.15) is 12.1 Å². The van der Waals surface area contributed by atoms with Gasteiger partial charge in [0.2, 0.25) is 0 Å². The van der Waals surface area contributed by atoms with E-state index < -0.39 is 0 Å². The van der Waals surface area contributed by atoms with E-state index in [0.29, 0.717) is 0 Å². The predicted molar refractivity (Wildman–Crippen MR) is 80.9 cm³/mol. The molecule has 1 unspecified atom stereocenters. The molecule has 0 fully saturated rings. The Balaban J connectivity index is 2.03. The Bertz CT molecular complexity index is 771. The van der Waals surface area contributed by atoms with Crippen molar-refractivity contribution in [1.29, 1.82) is 0 Å². The fourth-order valence-corrected chi connectivity index (χ4v) is 2.66. The second-order valence-corrected chi connectivity index (χ2v) is 5.11. The first-order valence-electron chi connectivity index (χ1n) is 7.00. The number of aryl methyl sites for hydroxylation is 3. The first kappa shape index (κ1) is 13.5. The monoisotopic (exact) mass is 285 g/mol. The maximum Gasteiger partial charge on any atom is 0.163 e. The lowest BCUT2D eigenvalue weighted by Gasteiger charge is -2.18. The van der Waals surface area contributed by atoms with Gasteiger partial charge in [-0.1, -0.05) is 6.92 Å². The molecule has 1 N–H and O–H groups in total. The van der Waals surface area contributed by atoms with Crippen molar-refractivity contribution < 1.29 is 0 Å². The summed E-state index contributed by atoms with van der Waals surface area (Å²) in [6.45, 7) is 4.11. The summed E-state index contributed by atoms with van der Waals surface area (Å²) in [5, 5.41) is 13.1. The van der Waals surface area contributed by atoms with Crippen LogP contribution < -0.4 is 5.32 Å². The van der Waals surface area contributed by atoms with Crippen LogP contribution in [-0.4, -0.2) is 29.5 Å². The van der Waals surface area contributed by atoms with Crippen molar-refractivity contribution in [3.8, 4) is 0 Å². The van der Waals surface area contributed by atoms with Crippen LogP contribution in [0.3, 0.4) is 0 Å². The van der Waals surface area contributed by atoms with Gasteiger partial charge in [0.25, 0.3) is 0 Å². The maximum absolute atomic E-state index is 4.42. The summed E-state index contributed by atoms with van der Waals surface area (Å²) in [6, 6.07) is 2.17. The van der Waals surface area contributed by atoms with Crippen LogP contribution in [0.2, 0.25) is 0 Å². The highest BCUT2D eigenvalue weighted by molar-refractivity contribution is 5.89. The highest BCUT2D eigenvalue weighted by Crippen LogP contribution is 2.27. The summed E-state index contributed by atoms with van der Waals surface area (Å²) in [4.78, 5) is 8.71. The Hall–Kier alpha value is -2.44. The van der Waals surface area contributed by atoms with Crippen molar-refractivity contribution in [3.05, 3.63) is 30.0 Å². The summed E-state index contributed by atoms with van der Waals surface area (Å²) < 4.78 is 3.66. The molecule has 3 rings (SSSR count). The third kappa shape index (κ3) is 2.24. The minimum Gasteiger partial charge on any atom is -0.361 e. The number of hydrogen-bond acceptors (Lipinski definition) is 5. The number of hydrogen-bond donors (Lipinski definition) is 1. The highest BCUT2D eigenvalue weighted by Gasteiger charge is 2.17. The van der Waals surface area contributed by atoms with Gasteiger partial charge in [-0.15, -0.1) is 0 Å². The molecular weight excluding hydrogens is 266 g/mol. The number of aromatic nitrogens is 6. The molecule has 21 heavy (non-hydrogen) atoms. The van der Waals surface area contributed by atoms with Gasteiger partial charge in [-0.2, -0.15) is 10.2 Å². The summed E-state index contributed by atoms with van der Waals surface area (Å²) in [6.07, 6.45) is 4.32. The fourth-order valence-electron chi connectivity index (χ4n) is 2.66. The third-order valence-electron chi connectivity index (χ3n) is 3.73. The van der Waals surface area contributed by atoms with Crippen molar-refractivity contribution in [2.75, 3.05) is 5.32 Å². The molecule has 3 heterocycles. The molecular formula is C14H19N7. The normalized spacial score (nSPS) is 12.8. The van der Waals surface area contributed by atoms with E-state index >= 15 is 0 Å². The maximum atomic E-state index is 4.42. The Morgan fingerprint density at radius 3 is 2.71 bits per heavy atom. The summed E-state index contributed by atoms with van der Waals surface area (Å²) in [5.74, 6) is 0.818. The second kappa shape index (κ2) is 5.16. The van der Waals surface area contributed by atoms with Crippen LogP contribution in [0.4, 0.5) is 5.82 Å². The smallest absolute Gasteiger partial charge is 0.163 e. The van der Waals surface area contributed by atoms with E-state index in [1.807, 2.05) is 38.0 Å². The molecule has 0 aromatic carbocycles. The average molecular weight is 285 g/mol. The Labute approximate surface area is 123 Å². The van der Waals surface area contributed by atoms with Gasteiger partial charge in [-0.3, -0.25) is 9.36 Å². The van der Waals surface area contributed by atoms with Crippen LogP contribution in [0.25, 0.3) is 11.0 Å². The molecule has 1 atom stereocenters. The van der Waals surface area contributed by atoms with E-state index in [1.54, 1.807) is 11.0 Å². The number of rotatable bonds is 4. The van der Waals surface area contributed by atoms with Gasteiger partial charge < -0.3 is 5.32 Å². The van der Waals surface area contributed by atoms with Crippen molar-refractivity contribution in [2.45, 2.75) is 26.3 Å². The molecule has 0 aliphatic heterocycles. The third-order valence-corrected chi connectivity index (χ3v) is 3.73. The Morgan fingerprint density at radius 1 is 1.24 bits per heavy atom. The number of nitrogens with zero attached hydrogens (tertiary/aromatic N) is 6. The van der Waals surface area contributed by atoms with Crippen LogP contribution in [0, 0.1) is 6.92 Å². The lowest BCUT2D eigenvalue weighted by Crippen LogP contribution is -2.15. The van der Waals surface area contributed by atoms with Gasteiger partial charge in [0.15, 0.2) is 5.65 Å². The minimum absolute atomic E-state index is 0.148. The standard InChI is InChI=1S/C14H19N7/c1-5-10(11-6-7-17-20(11)3)18-13-12-9(2)19-21(4)14(12)16-8-15-13/h6-8,10H,5H2,1-4H3,(H,15,16,18). The molecule has 0 saturated carbocycles.